The molecule has 3 aromatic rings. The number of aromatic nitrogens is 3. The molecule has 9 heteroatoms. The highest BCUT2D eigenvalue weighted by Crippen LogP contribution is 2.29. The first kappa shape index (κ1) is 19.1. The van der Waals surface area contributed by atoms with Crippen molar-refractivity contribution >= 4 is 40.0 Å². The summed E-state index contributed by atoms with van der Waals surface area (Å²) in [7, 11) is 0. The van der Waals surface area contributed by atoms with E-state index in [1.165, 1.54) is 23.1 Å². The second-order valence-corrected chi connectivity index (χ2v) is 7.68. The molecule has 0 spiro atoms. The number of anilines is 1. The third-order valence-corrected chi connectivity index (χ3v) is 5.40. The van der Waals surface area contributed by atoms with E-state index in [1.54, 1.807) is 19.3 Å². The van der Waals surface area contributed by atoms with E-state index in [2.05, 4.69) is 15.5 Å². The van der Waals surface area contributed by atoms with Crippen LogP contribution in [0.5, 0.6) is 0 Å². The minimum Gasteiger partial charge on any atom is -0.462 e. The van der Waals surface area contributed by atoms with Crippen molar-refractivity contribution in [2.45, 2.75) is 19.0 Å². The van der Waals surface area contributed by atoms with Crippen LogP contribution in [0.15, 0.2) is 47.9 Å². The zero-order valence-electron chi connectivity index (χ0n) is 14.8. The van der Waals surface area contributed by atoms with Crippen molar-refractivity contribution in [3.8, 4) is 5.69 Å². The molecule has 0 aliphatic heterocycles. The second kappa shape index (κ2) is 8.83. The Balaban J connectivity index is 1.65. The number of hydrogen-bond donors (Lipinski definition) is 1. The van der Waals surface area contributed by atoms with Gasteiger partial charge in [0.25, 0.3) is 0 Å². The Bertz CT molecular complexity index is 937. The van der Waals surface area contributed by atoms with Gasteiger partial charge in [-0.15, -0.1) is 21.5 Å². The van der Waals surface area contributed by atoms with E-state index in [-0.39, 0.29) is 18.3 Å². The average molecular weight is 403 g/mol. The molecule has 0 radical (unpaired) electrons. The molecule has 2 heterocycles. The molecule has 0 atom stereocenters. The molecule has 3 rings (SSSR count). The molecule has 7 nitrogen and oxygen atoms in total. The number of carbonyl (C=O) groups excluding carboxylic acids is 2. The summed E-state index contributed by atoms with van der Waals surface area (Å²) >= 11 is 2.62. The molecule has 0 saturated heterocycles. The Morgan fingerprint density at radius 1 is 1.30 bits per heavy atom. The molecule has 0 unspecified atom stereocenters. The molecule has 0 bridgehead atoms. The van der Waals surface area contributed by atoms with Crippen LogP contribution in [0.4, 0.5) is 5.00 Å². The van der Waals surface area contributed by atoms with E-state index in [4.69, 9.17) is 4.74 Å². The van der Waals surface area contributed by atoms with Crippen molar-refractivity contribution in [2.24, 2.45) is 0 Å². The van der Waals surface area contributed by atoms with E-state index in [9.17, 15) is 9.59 Å². The molecular weight excluding hydrogens is 384 g/mol. The van der Waals surface area contributed by atoms with Gasteiger partial charge in [0.15, 0.2) is 5.16 Å². The van der Waals surface area contributed by atoms with Crippen molar-refractivity contribution in [3.63, 3.8) is 0 Å². The number of thioether (sulfide) groups is 1. The molecule has 0 aliphatic carbocycles. The SMILES string of the molecule is CCOC(=O)c1cc(C)sc1NC(=O)CSc1nncn1-c1ccccc1. The molecule has 1 aromatic carbocycles. The fourth-order valence-corrected chi connectivity index (χ4v) is 3.99. The van der Waals surface area contributed by atoms with E-state index >= 15 is 0 Å². The van der Waals surface area contributed by atoms with Gasteiger partial charge >= 0.3 is 5.97 Å². The maximum atomic E-state index is 12.4. The number of rotatable bonds is 7. The fraction of sp³-hybridized carbons (Fsp3) is 0.222. The lowest BCUT2D eigenvalue weighted by Gasteiger charge is -2.07. The summed E-state index contributed by atoms with van der Waals surface area (Å²) in [5.74, 6) is -0.520. The van der Waals surface area contributed by atoms with Crippen molar-refractivity contribution in [1.82, 2.24) is 14.8 Å². The number of carbonyl (C=O) groups is 2. The molecule has 0 fully saturated rings. The summed E-state index contributed by atoms with van der Waals surface area (Å²) in [6.45, 7) is 3.90. The van der Waals surface area contributed by atoms with Crippen LogP contribution < -0.4 is 5.32 Å². The van der Waals surface area contributed by atoms with Crippen LogP contribution in [0.25, 0.3) is 5.69 Å². The first-order valence-corrected chi connectivity index (χ1v) is 10.0. The van der Waals surface area contributed by atoms with E-state index in [0.29, 0.717) is 15.7 Å². The standard InChI is InChI=1S/C18H18N4O3S2/c1-3-25-17(24)14-9-12(2)27-16(14)20-15(23)10-26-18-21-19-11-22(18)13-7-5-4-6-8-13/h4-9,11H,3,10H2,1-2H3,(H,20,23). The fourth-order valence-electron chi connectivity index (χ4n) is 2.35. The number of aryl methyl sites for hydroxylation is 1. The lowest BCUT2D eigenvalue weighted by atomic mass is 10.3. The minimum absolute atomic E-state index is 0.144. The van der Waals surface area contributed by atoms with Gasteiger partial charge in [0, 0.05) is 10.6 Å². The number of ether oxygens (including phenoxy) is 1. The van der Waals surface area contributed by atoms with Gasteiger partial charge in [0.05, 0.1) is 17.9 Å². The highest BCUT2D eigenvalue weighted by Gasteiger charge is 2.18. The second-order valence-electron chi connectivity index (χ2n) is 5.48. The molecule has 1 N–H and O–H groups in total. The Labute approximate surface area is 164 Å². The Hall–Kier alpha value is -2.65. The van der Waals surface area contributed by atoms with Gasteiger partial charge in [-0.2, -0.15) is 0 Å². The smallest absolute Gasteiger partial charge is 0.341 e. The highest BCUT2D eigenvalue weighted by atomic mass is 32.2. The van der Waals surface area contributed by atoms with Gasteiger partial charge in [-0.05, 0) is 32.0 Å². The monoisotopic (exact) mass is 402 g/mol. The Morgan fingerprint density at radius 3 is 2.81 bits per heavy atom. The lowest BCUT2D eigenvalue weighted by Crippen LogP contribution is -2.16. The van der Waals surface area contributed by atoms with Crippen LogP contribution in [0.1, 0.15) is 22.2 Å². The number of thiophene rings is 1. The number of hydrogen-bond acceptors (Lipinski definition) is 7. The van der Waals surface area contributed by atoms with Gasteiger partial charge in [-0.1, -0.05) is 30.0 Å². The first-order chi connectivity index (χ1) is 13.1. The molecule has 27 heavy (non-hydrogen) atoms. The topological polar surface area (TPSA) is 86.1 Å². The number of nitrogens with one attached hydrogen (secondary N) is 1. The van der Waals surface area contributed by atoms with Crippen molar-refractivity contribution in [2.75, 3.05) is 17.7 Å². The molecule has 1 amide bonds. The molecule has 2 aromatic heterocycles. The number of esters is 1. The molecule has 0 aliphatic rings. The first-order valence-electron chi connectivity index (χ1n) is 8.24. The summed E-state index contributed by atoms with van der Waals surface area (Å²) in [5, 5.41) is 11.9. The quantitative estimate of drug-likeness (QED) is 0.480. The maximum absolute atomic E-state index is 12.4. The van der Waals surface area contributed by atoms with Gasteiger partial charge in [-0.3, -0.25) is 9.36 Å². The molecule has 0 saturated carbocycles. The summed E-state index contributed by atoms with van der Waals surface area (Å²) < 4.78 is 6.85. The zero-order valence-corrected chi connectivity index (χ0v) is 16.5. The molecule has 140 valence electrons. The van der Waals surface area contributed by atoms with Crippen LogP contribution in [0.2, 0.25) is 0 Å². The largest absolute Gasteiger partial charge is 0.462 e. The van der Waals surface area contributed by atoms with Crippen LogP contribution in [-0.2, 0) is 9.53 Å². The van der Waals surface area contributed by atoms with E-state index < -0.39 is 5.97 Å². The van der Waals surface area contributed by atoms with E-state index in [0.717, 1.165) is 10.6 Å². The van der Waals surface area contributed by atoms with Crippen molar-refractivity contribution < 1.29 is 14.3 Å². The molecular formula is C18H18N4O3S2. The third kappa shape index (κ3) is 4.75. The number of amides is 1. The van der Waals surface area contributed by atoms with Crippen molar-refractivity contribution in [3.05, 3.63) is 53.2 Å². The Morgan fingerprint density at radius 2 is 2.07 bits per heavy atom. The highest BCUT2D eigenvalue weighted by molar-refractivity contribution is 7.99. The van der Waals surface area contributed by atoms with Gasteiger partial charge in [-0.25, -0.2) is 4.79 Å². The van der Waals surface area contributed by atoms with Gasteiger partial charge in [0.1, 0.15) is 11.3 Å². The predicted octanol–water partition coefficient (Wildman–Crippen LogP) is 3.54. The average Bonchev–Trinajstić information content (AvgIpc) is 3.27. The number of para-hydroxylation sites is 1. The third-order valence-electron chi connectivity index (χ3n) is 3.49. The lowest BCUT2D eigenvalue weighted by molar-refractivity contribution is -0.113. The normalized spacial score (nSPS) is 10.6. The number of benzene rings is 1. The number of nitrogens with zero attached hydrogens (tertiary/aromatic N) is 3. The Kier molecular flexibility index (Phi) is 6.25. The summed E-state index contributed by atoms with van der Waals surface area (Å²) in [6.07, 6.45) is 1.61. The maximum Gasteiger partial charge on any atom is 0.341 e. The zero-order chi connectivity index (χ0) is 19.2. The summed E-state index contributed by atoms with van der Waals surface area (Å²) in [5.41, 5.74) is 1.30. The summed E-state index contributed by atoms with van der Waals surface area (Å²) in [6, 6.07) is 11.4. The van der Waals surface area contributed by atoms with Crippen LogP contribution in [0.3, 0.4) is 0 Å². The van der Waals surface area contributed by atoms with Gasteiger partial charge in [0.2, 0.25) is 5.91 Å². The van der Waals surface area contributed by atoms with Crippen molar-refractivity contribution in [1.29, 1.82) is 0 Å². The van der Waals surface area contributed by atoms with Crippen LogP contribution in [-0.4, -0.2) is 39.0 Å². The van der Waals surface area contributed by atoms with Gasteiger partial charge < -0.3 is 10.1 Å². The minimum atomic E-state index is -0.436. The summed E-state index contributed by atoms with van der Waals surface area (Å²) in [4.78, 5) is 25.3. The van der Waals surface area contributed by atoms with Crippen LogP contribution >= 0.6 is 23.1 Å². The van der Waals surface area contributed by atoms with Crippen LogP contribution in [0, 0.1) is 6.92 Å². The predicted molar refractivity (Wildman–Crippen MR) is 106 cm³/mol. The van der Waals surface area contributed by atoms with E-state index in [1.807, 2.05) is 41.8 Å².